The van der Waals surface area contributed by atoms with E-state index in [2.05, 4.69) is 0 Å². The van der Waals surface area contributed by atoms with Gasteiger partial charge < -0.3 is 14.9 Å². The third kappa shape index (κ3) is 3.19. The molecule has 1 aliphatic heterocycles. The van der Waals surface area contributed by atoms with Crippen LogP contribution in [-0.4, -0.2) is 59.0 Å². The first kappa shape index (κ1) is 15.5. The fraction of sp³-hybridized carbons (Fsp3) is 0.333. The van der Waals surface area contributed by atoms with E-state index in [0.29, 0.717) is 31.7 Å². The molecular formula is C18H20N2O3. The first-order valence-electron chi connectivity index (χ1n) is 7.81. The normalized spacial score (nSPS) is 16.4. The minimum atomic E-state index is -0.988. The molecule has 3 rings (SSSR count). The molecule has 5 nitrogen and oxygen atoms in total. The summed E-state index contributed by atoms with van der Waals surface area (Å²) in [5.41, 5.74) is 0.666. The summed E-state index contributed by atoms with van der Waals surface area (Å²) in [6.07, 6.45) is -0.988. The van der Waals surface area contributed by atoms with Crippen LogP contribution in [0.1, 0.15) is 17.3 Å². The Balaban J connectivity index is 1.70. The number of aliphatic hydroxyl groups is 1. The van der Waals surface area contributed by atoms with Crippen molar-refractivity contribution in [3.8, 4) is 0 Å². The molecule has 2 aromatic carbocycles. The summed E-state index contributed by atoms with van der Waals surface area (Å²) in [4.78, 5) is 27.8. The Bertz CT molecular complexity index is 734. The molecule has 0 radical (unpaired) electrons. The minimum absolute atomic E-state index is 0.0140. The summed E-state index contributed by atoms with van der Waals surface area (Å²) < 4.78 is 0. The molecule has 0 aromatic heterocycles. The number of carbonyl (C=O) groups excluding carboxylic acids is 2. The second kappa shape index (κ2) is 6.38. The van der Waals surface area contributed by atoms with Crippen molar-refractivity contribution in [1.82, 2.24) is 9.80 Å². The molecule has 0 spiro atoms. The van der Waals surface area contributed by atoms with Crippen molar-refractivity contribution in [2.75, 3.05) is 26.2 Å². The van der Waals surface area contributed by atoms with Gasteiger partial charge in [0.05, 0.1) is 0 Å². The molecule has 2 aromatic rings. The van der Waals surface area contributed by atoms with Crippen LogP contribution in [0.4, 0.5) is 0 Å². The van der Waals surface area contributed by atoms with E-state index in [1.807, 2.05) is 42.5 Å². The minimum Gasteiger partial charge on any atom is -0.384 e. The predicted molar refractivity (Wildman–Crippen MR) is 88.1 cm³/mol. The highest BCUT2D eigenvalue weighted by Gasteiger charge is 2.26. The zero-order chi connectivity index (χ0) is 16.4. The third-order valence-corrected chi connectivity index (χ3v) is 4.23. The molecule has 0 saturated carbocycles. The van der Waals surface area contributed by atoms with Crippen LogP contribution in [-0.2, 0) is 4.79 Å². The zero-order valence-corrected chi connectivity index (χ0v) is 13.1. The second-order valence-electron chi connectivity index (χ2n) is 5.86. The van der Waals surface area contributed by atoms with Gasteiger partial charge in [0, 0.05) is 31.7 Å². The third-order valence-electron chi connectivity index (χ3n) is 4.23. The average molecular weight is 312 g/mol. The molecule has 1 aliphatic rings. The Kier molecular flexibility index (Phi) is 4.30. The molecule has 0 bridgehead atoms. The number of piperazine rings is 1. The zero-order valence-electron chi connectivity index (χ0n) is 13.1. The highest BCUT2D eigenvalue weighted by atomic mass is 16.3. The lowest BCUT2D eigenvalue weighted by molar-refractivity contribution is -0.140. The molecule has 1 fully saturated rings. The van der Waals surface area contributed by atoms with Gasteiger partial charge in [-0.2, -0.15) is 0 Å². The van der Waals surface area contributed by atoms with Gasteiger partial charge in [-0.25, -0.2) is 0 Å². The number of nitrogens with zero attached hydrogens (tertiary/aromatic N) is 2. The van der Waals surface area contributed by atoms with E-state index in [9.17, 15) is 14.7 Å². The van der Waals surface area contributed by atoms with E-state index in [4.69, 9.17) is 0 Å². The van der Waals surface area contributed by atoms with Gasteiger partial charge in [0.25, 0.3) is 11.8 Å². The number of rotatable bonds is 2. The van der Waals surface area contributed by atoms with Crippen molar-refractivity contribution < 1.29 is 14.7 Å². The second-order valence-corrected chi connectivity index (χ2v) is 5.86. The summed E-state index contributed by atoms with van der Waals surface area (Å²) in [6.45, 7) is 3.37. The number of carbonyl (C=O) groups is 2. The molecular weight excluding hydrogens is 292 g/mol. The van der Waals surface area contributed by atoms with Crippen molar-refractivity contribution in [1.29, 1.82) is 0 Å². The maximum absolute atomic E-state index is 12.6. The Morgan fingerprint density at radius 1 is 0.957 bits per heavy atom. The molecule has 2 amide bonds. The summed E-state index contributed by atoms with van der Waals surface area (Å²) in [5.74, 6) is -0.289. The van der Waals surface area contributed by atoms with Crippen molar-refractivity contribution in [3.63, 3.8) is 0 Å². The van der Waals surface area contributed by atoms with Crippen molar-refractivity contribution in [2.45, 2.75) is 13.0 Å². The maximum atomic E-state index is 12.6. The number of benzene rings is 2. The van der Waals surface area contributed by atoms with E-state index in [1.165, 1.54) is 6.92 Å². The lowest BCUT2D eigenvalue weighted by Gasteiger charge is -2.35. The highest BCUT2D eigenvalue weighted by Crippen LogP contribution is 2.17. The van der Waals surface area contributed by atoms with Gasteiger partial charge in [0.1, 0.15) is 6.10 Å². The smallest absolute Gasteiger partial charge is 0.253 e. The number of amides is 2. The maximum Gasteiger partial charge on any atom is 0.253 e. The van der Waals surface area contributed by atoms with Gasteiger partial charge in [-0.15, -0.1) is 0 Å². The molecule has 1 N–H and O–H groups in total. The van der Waals surface area contributed by atoms with Crippen LogP contribution in [0, 0.1) is 0 Å². The van der Waals surface area contributed by atoms with E-state index >= 15 is 0 Å². The van der Waals surface area contributed by atoms with Crippen molar-refractivity contribution >= 4 is 22.6 Å². The number of hydrogen-bond acceptors (Lipinski definition) is 3. The Labute approximate surface area is 135 Å². The van der Waals surface area contributed by atoms with E-state index in [-0.39, 0.29) is 11.8 Å². The van der Waals surface area contributed by atoms with Gasteiger partial charge >= 0.3 is 0 Å². The van der Waals surface area contributed by atoms with Crippen LogP contribution in [0.5, 0.6) is 0 Å². The first-order valence-corrected chi connectivity index (χ1v) is 7.81. The largest absolute Gasteiger partial charge is 0.384 e. The molecule has 23 heavy (non-hydrogen) atoms. The summed E-state index contributed by atoms with van der Waals surface area (Å²) in [6, 6.07) is 13.6. The number of hydrogen-bond donors (Lipinski definition) is 1. The van der Waals surface area contributed by atoms with E-state index in [0.717, 1.165) is 10.8 Å². The van der Waals surface area contributed by atoms with Gasteiger partial charge in [-0.1, -0.05) is 30.3 Å². The van der Waals surface area contributed by atoms with Crippen LogP contribution in [0.2, 0.25) is 0 Å². The monoisotopic (exact) mass is 312 g/mol. The fourth-order valence-corrected chi connectivity index (χ4v) is 2.90. The van der Waals surface area contributed by atoms with Crippen LogP contribution in [0.3, 0.4) is 0 Å². The summed E-state index contributed by atoms with van der Waals surface area (Å²) in [7, 11) is 0. The standard InChI is InChI=1S/C18H20N2O3/c1-13(21)17(22)19-8-10-20(11-9-19)18(23)16-7-6-14-4-2-3-5-15(14)12-16/h2-7,12-13,21H,8-11H2,1H3. The molecule has 120 valence electrons. The lowest BCUT2D eigenvalue weighted by atomic mass is 10.1. The topological polar surface area (TPSA) is 60.9 Å². The Hall–Kier alpha value is -2.40. The van der Waals surface area contributed by atoms with Gasteiger partial charge in [-0.05, 0) is 29.8 Å². The highest BCUT2D eigenvalue weighted by molar-refractivity contribution is 5.98. The van der Waals surface area contributed by atoms with Crippen LogP contribution in [0.25, 0.3) is 10.8 Å². The Morgan fingerprint density at radius 2 is 1.57 bits per heavy atom. The van der Waals surface area contributed by atoms with Crippen LogP contribution in [0.15, 0.2) is 42.5 Å². The predicted octanol–water partition coefficient (Wildman–Crippen LogP) is 1.50. The Morgan fingerprint density at radius 3 is 2.22 bits per heavy atom. The van der Waals surface area contributed by atoms with Gasteiger partial charge in [0.15, 0.2) is 0 Å². The first-order chi connectivity index (χ1) is 11.1. The molecule has 1 atom stereocenters. The van der Waals surface area contributed by atoms with E-state index < -0.39 is 6.10 Å². The number of aliphatic hydroxyl groups excluding tert-OH is 1. The molecule has 0 aliphatic carbocycles. The van der Waals surface area contributed by atoms with Gasteiger partial charge in [-0.3, -0.25) is 9.59 Å². The lowest BCUT2D eigenvalue weighted by Crippen LogP contribution is -2.52. The quantitative estimate of drug-likeness (QED) is 0.914. The van der Waals surface area contributed by atoms with E-state index in [1.54, 1.807) is 9.80 Å². The van der Waals surface area contributed by atoms with Crippen LogP contribution < -0.4 is 0 Å². The number of fused-ring (bicyclic) bond motifs is 1. The summed E-state index contributed by atoms with van der Waals surface area (Å²) >= 11 is 0. The molecule has 1 saturated heterocycles. The van der Waals surface area contributed by atoms with Gasteiger partial charge in [0.2, 0.25) is 0 Å². The van der Waals surface area contributed by atoms with Crippen molar-refractivity contribution in [2.24, 2.45) is 0 Å². The van der Waals surface area contributed by atoms with Crippen molar-refractivity contribution in [3.05, 3.63) is 48.0 Å². The van der Waals surface area contributed by atoms with Crippen LogP contribution >= 0.6 is 0 Å². The average Bonchev–Trinajstić information content (AvgIpc) is 2.60. The fourth-order valence-electron chi connectivity index (χ4n) is 2.90. The SMILES string of the molecule is CC(O)C(=O)N1CCN(C(=O)c2ccc3ccccc3c2)CC1. The molecule has 5 heteroatoms. The summed E-state index contributed by atoms with van der Waals surface area (Å²) in [5, 5.41) is 11.5. The molecule has 1 heterocycles. The molecule has 1 unspecified atom stereocenters.